The minimum atomic E-state index is 0.219. The fourth-order valence-corrected chi connectivity index (χ4v) is 4.75. The van der Waals surface area contributed by atoms with Gasteiger partial charge >= 0.3 is 0 Å². The van der Waals surface area contributed by atoms with Gasteiger partial charge in [0.2, 0.25) is 11.9 Å². The highest BCUT2D eigenvalue weighted by atomic mass is 16.1. The lowest BCUT2D eigenvalue weighted by Gasteiger charge is -2.29. The fourth-order valence-electron chi connectivity index (χ4n) is 4.75. The summed E-state index contributed by atoms with van der Waals surface area (Å²) in [5.41, 5.74) is 3.30. The maximum Gasteiger partial charge on any atom is 0.231 e. The van der Waals surface area contributed by atoms with Gasteiger partial charge in [-0.05, 0) is 62.8 Å². The quantitative estimate of drug-likeness (QED) is 0.516. The number of rotatable bonds is 8. The van der Waals surface area contributed by atoms with E-state index < -0.39 is 0 Å². The lowest BCUT2D eigenvalue weighted by Crippen LogP contribution is -2.35. The summed E-state index contributed by atoms with van der Waals surface area (Å²) in [5.74, 6) is 1.16. The topological polar surface area (TPSA) is 66.3 Å². The maximum atomic E-state index is 12.0. The second kappa shape index (κ2) is 9.81. The number of anilines is 3. The molecule has 0 atom stereocenters. The number of amides is 1. The third-order valence-electron chi connectivity index (χ3n) is 7.08. The van der Waals surface area contributed by atoms with Crippen molar-refractivity contribution in [3.8, 4) is 0 Å². The van der Waals surface area contributed by atoms with E-state index in [1.807, 2.05) is 13.2 Å². The smallest absolute Gasteiger partial charge is 0.231 e. The number of nitrogens with one attached hydrogen (secondary N) is 1. The molecule has 0 spiro atoms. The van der Waals surface area contributed by atoms with E-state index in [1.165, 1.54) is 31.4 Å². The minimum absolute atomic E-state index is 0.219. The summed E-state index contributed by atoms with van der Waals surface area (Å²) >= 11 is 0. The largest absolute Gasteiger partial charge is 0.371 e. The summed E-state index contributed by atoms with van der Waals surface area (Å²) in [7, 11) is 2.03. The number of hydrogen-bond donors (Lipinski definition) is 1. The number of aryl methyl sites for hydroxylation is 1. The van der Waals surface area contributed by atoms with Crippen molar-refractivity contribution in [2.24, 2.45) is 5.92 Å². The monoisotopic (exact) mass is 446 g/mol. The van der Waals surface area contributed by atoms with Crippen LogP contribution < -0.4 is 15.1 Å². The summed E-state index contributed by atoms with van der Waals surface area (Å²) in [4.78, 5) is 26.1. The molecule has 0 unspecified atom stereocenters. The predicted molar refractivity (Wildman–Crippen MR) is 133 cm³/mol. The average molecular weight is 447 g/mol. The maximum absolute atomic E-state index is 12.0. The summed E-state index contributed by atoms with van der Waals surface area (Å²) in [5, 5.41) is 4.12. The van der Waals surface area contributed by atoms with Gasteiger partial charge in [0.1, 0.15) is 5.65 Å². The zero-order valence-corrected chi connectivity index (χ0v) is 19.5. The molecule has 1 saturated carbocycles. The van der Waals surface area contributed by atoms with Gasteiger partial charge < -0.3 is 19.7 Å². The first-order valence-electron chi connectivity index (χ1n) is 12.4. The Hall–Kier alpha value is -3.09. The molecule has 2 fully saturated rings. The molecule has 2 aromatic heterocycles. The molecule has 7 nitrogen and oxygen atoms in total. The first-order chi connectivity index (χ1) is 16.2. The molecular formula is C26H34N6O. The van der Waals surface area contributed by atoms with Gasteiger partial charge in [-0.3, -0.25) is 4.79 Å². The highest BCUT2D eigenvalue weighted by Crippen LogP contribution is 2.28. The first kappa shape index (κ1) is 21.7. The Bertz CT molecular complexity index is 1100. The Kier molecular flexibility index (Phi) is 6.46. The van der Waals surface area contributed by atoms with Crippen LogP contribution in [0.3, 0.4) is 0 Å². The van der Waals surface area contributed by atoms with Crippen LogP contribution in [0.15, 0.2) is 42.7 Å². The molecule has 7 heteroatoms. The Balaban J connectivity index is 1.26. The normalized spacial score (nSPS) is 16.6. The number of fused-ring (bicyclic) bond motifs is 1. The van der Waals surface area contributed by atoms with Gasteiger partial charge in [0.25, 0.3) is 0 Å². The van der Waals surface area contributed by atoms with E-state index in [4.69, 9.17) is 4.98 Å². The van der Waals surface area contributed by atoms with Crippen LogP contribution in [0.2, 0.25) is 0 Å². The average Bonchev–Trinajstić information content (AvgIpc) is 3.23. The van der Waals surface area contributed by atoms with Gasteiger partial charge in [-0.25, -0.2) is 4.98 Å². The summed E-state index contributed by atoms with van der Waals surface area (Å²) in [6, 6.07) is 10.7. The van der Waals surface area contributed by atoms with Crippen molar-refractivity contribution >= 4 is 34.3 Å². The van der Waals surface area contributed by atoms with Gasteiger partial charge in [0.15, 0.2) is 0 Å². The number of carbonyl (C=O) groups is 1. The molecule has 0 bridgehead atoms. The number of aromatic nitrogens is 3. The standard InChI is InChI=1S/C26H34N6O/c1-30(22-10-6-11-23(18-22)31-14-3-2-4-15-31)26-28-19-21-12-17-32(24(21)29-26)16-7-13-27-25(33)20-8-5-9-20/h6,10-12,17-20H,2-5,7-9,13-16H2,1H3,(H,27,33). The van der Waals surface area contributed by atoms with Crippen molar-refractivity contribution in [1.29, 1.82) is 0 Å². The van der Waals surface area contributed by atoms with Crippen LogP contribution in [-0.4, -0.2) is 47.1 Å². The van der Waals surface area contributed by atoms with E-state index in [2.05, 4.69) is 61.2 Å². The van der Waals surface area contributed by atoms with E-state index in [9.17, 15) is 4.79 Å². The Morgan fingerprint density at radius 3 is 2.79 bits per heavy atom. The molecule has 0 radical (unpaired) electrons. The second-order valence-corrected chi connectivity index (χ2v) is 9.36. The van der Waals surface area contributed by atoms with Gasteiger partial charge in [-0.15, -0.1) is 0 Å². The molecule has 1 N–H and O–H groups in total. The lowest BCUT2D eigenvalue weighted by atomic mass is 9.85. The molecule has 1 aliphatic carbocycles. The highest BCUT2D eigenvalue weighted by molar-refractivity contribution is 5.79. The zero-order chi connectivity index (χ0) is 22.6. The van der Waals surface area contributed by atoms with Crippen molar-refractivity contribution in [1.82, 2.24) is 19.9 Å². The van der Waals surface area contributed by atoms with Gasteiger partial charge in [-0.1, -0.05) is 12.5 Å². The highest BCUT2D eigenvalue weighted by Gasteiger charge is 2.24. The molecule has 1 amide bonds. The lowest BCUT2D eigenvalue weighted by molar-refractivity contribution is -0.127. The molecule has 1 aliphatic heterocycles. The third kappa shape index (κ3) is 4.82. The van der Waals surface area contributed by atoms with E-state index >= 15 is 0 Å². The SMILES string of the molecule is CN(c1cccc(N2CCCCC2)c1)c1ncc2ccn(CCCNC(=O)C3CCC3)c2n1. The van der Waals surface area contributed by atoms with E-state index in [-0.39, 0.29) is 11.8 Å². The van der Waals surface area contributed by atoms with Crippen LogP contribution in [0.5, 0.6) is 0 Å². The molecule has 2 aliphatic rings. The molecule has 33 heavy (non-hydrogen) atoms. The van der Waals surface area contributed by atoms with Gasteiger partial charge in [0.05, 0.1) is 0 Å². The van der Waals surface area contributed by atoms with Crippen LogP contribution in [0.25, 0.3) is 11.0 Å². The van der Waals surface area contributed by atoms with E-state index in [1.54, 1.807) is 0 Å². The molecule has 3 aromatic rings. The van der Waals surface area contributed by atoms with E-state index in [0.717, 1.165) is 55.6 Å². The van der Waals surface area contributed by atoms with Crippen molar-refractivity contribution < 1.29 is 4.79 Å². The zero-order valence-electron chi connectivity index (χ0n) is 19.5. The number of piperidine rings is 1. The van der Waals surface area contributed by atoms with Gasteiger partial charge in [0, 0.05) is 68.3 Å². The van der Waals surface area contributed by atoms with Crippen molar-refractivity contribution in [3.63, 3.8) is 0 Å². The molecule has 5 rings (SSSR count). The van der Waals surface area contributed by atoms with Crippen molar-refractivity contribution in [2.45, 2.75) is 51.5 Å². The van der Waals surface area contributed by atoms with Crippen LogP contribution in [-0.2, 0) is 11.3 Å². The van der Waals surface area contributed by atoms with Crippen LogP contribution in [0.4, 0.5) is 17.3 Å². The van der Waals surface area contributed by atoms with Crippen molar-refractivity contribution in [3.05, 3.63) is 42.7 Å². The summed E-state index contributed by atoms with van der Waals surface area (Å²) in [6.45, 7) is 3.78. The minimum Gasteiger partial charge on any atom is -0.371 e. The summed E-state index contributed by atoms with van der Waals surface area (Å²) < 4.78 is 2.16. The van der Waals surface area contributed by atoms with E-state index in [0.29, 0.717) is 12.5 Å². The van der Waals surface area contributed by atoms with Gasteiger partial charge in [-0.2, -0.15) is 4.98 Å². The van der Waals surface area contributed by atoms with Crippen LogP contribution in [0.1, 0.15) is 44.9 Å². The summed E-state index contributed by atoms with van der Waals surface area (Å²) in [6.07, 6.45) is 12.0. The Labute approximate surface area is 195 Å². The predicted octanol–water partition coefficient (Wildman–Crippen LogP) is 4.50. The number of nitrogens with zero attached hydrogens (tertiary/aromatic N) is 5. The molecule has 174 valence electrons. The first-order valence-corrected chi connectivity index (χ1v) is 12.4. The molecule has 1 saturated heterocycles. The fraction of sp³-hybridized carbons (Fsp3) is 0.500. The number of carbonyl (C=O) groups excluding carboxylic acids is 1. The second-order valence-electron chi connectivity index (χ2n) is 9.36. The number of hydrogen-bond acceptors (Lipinski definition) is 5. The Morgan fingerprint density at radius 1 is 1.15 bits per heavy atom. The van der Waals surface area contributed by atoms with Crippen molar-refractivity contribution in [2.75, 3.05) is 36.5 Å². The van der Waals surface area contributed by atoms with Crippen LogP contribution >= 0.6 is 0 Å². The van der Waals surface area contributed by atoms with Crippen LogP contribution in [0, 0.1) is 5.92 Å². The Morgan fingerprint density at radius 2 is 2.00 bits per heavy atom. The molecular weight excluding hydrogens is 412 g/mol. The number of benzene rings is 1. The molecule has 3 heterocycles. The molecule has 1 aromatic carbocycles. The third-order valence-corrected chi connectivity index (χ3v) is 7.08.